The van der Waals surface area contributed by atoms with E-state index in [9.17, 15) is 0 Å². The average Bonchev–Trinajstić information content (AvgIpc) is 3.44. The zero-order chi connectivity index (χ0) is 21.2. The molecule has 0 aliphatic rings. The van der Waals surface area contributed by atoms with Gasteiger partial charge in [-0.15, -0.1) is 0 Å². The molecule has 3 nitrogen and oxygen atoms in total. The molecule has 0 aliphatic carbocycles. The van der Waals surface area contributed by atoms with Crippen molar-refractivity contribution in [2.45, 2.75) is 13.5 Å². The predicted octanol–water partition coefficient (Wildman–Crippen LogP) is 7.44. The first-order chi connectivity index (χ1) is 15.8. The van der Waals surface area contributed by atoms with E-state index in [1.54, 1.807) is 0 Å². The minimum absolute atomic E-state index is 0.955. The van der Waals surface area contributed by atoms with E-state index in [-0.39, 0.29) is 0 Å². The van der Waals surface area contributed by atoms with Crippen LogP contribution in [0.5, 0.6) is 0 Å². The summed E-state index contributed by atoms with van der Waals surface area (Å²) in [4.78, 5) is 0. The van der Waals surface area contributed by atoms with Gasteiger partial charge in [-0.1, -0.05) is 66.7 Å². The topological polar surface area (TPSA) is 22.2 Å². The lowest BCUT2D eigenvalue weighted by Crippen LogP contribution is -1.93. The molecule has 3 aromatic heterocycles. The van der Waals surface area contributed by atoms with Crippen molar-refractivity contribution in [1.82, 2.24) is 14.2 Å². The minimum atomic E-state index is 0.955. The summed E-state index contributed by atoms with van der Waals surface area (Å²) in [7, 11) is 0. The highest BCUT2D eigenvalue weighted by Gasteiger charge is 2.16. The van der Waals surface area contributed by atoms with Crippen LogP contribution in [-0.4, -0.2) is 14.2 Å². The van der Waals surface area contributed by atoms with Crippen molar-refractivity contribution in [3.05, 3.63) is 97.2 Å². The van der Waals surface area contributed by atoms with Crippen LogP contribution < -0.4 is 0 Å². The van der Waals surface area contributed by atoms with Gasteiger partial charge in [0.1, 0.15) is 0 Å². The van der Waals surface area contributed by atoms with Gasteiger partial charge in [-0.3, -0.25) is 0 Å². The zero-order valence-corrected chi connectivity index (χ0v) is 17.8. The Morgan fingerprint density at radius 3 is 2.03 bits per heavy atom. The van der Waals surface area contributed by atoms with Gasteiger partial charge >= 0.3 is 0 Å². The Bertz CT molecular complexity index is 1820. The Balaban J connectivity index is 1.61. The number of aryl methyl sites for hydroxylation is 1. The maximum Gasteiger partial charge on any atom is 0.0825 e. The van der Waals surface area contributed by atoms with Crippen LogP contribution in [0.4, 0.5) is 0 Å². The third kappa shape index (κ3) is 2.23. The number of fused-ring (bicyclic) bond motifs is 9. The van der Waals surface area contributed by atoms with Gasteiger partial charge in [-0.05, 0) is 42.1 Å². The molecular formula is C29H21N3. The molecule has 4 aromatic carbocycles. The number of hydrogen-bond donors (Lipinski definition) is 0. The summed E-state index contributed by atoms with van der Waals surface area (Å²) in [6, 6.07) is 32.7. The first-order valence-electron chi connectivity index (χ1n) is 11.1. The Hall–Kier alpha value is -4.11. The van der Waals surface area contributed by atoms with Crippen LogP contribution in [0.2, 0.25) is 0 Å². The van der Waals surface area contributed by atoms with Crippen LogP contribution in [0.1, 0.15) is 6.92 Å². The molecular weight excluding hydrogens is 390 g/mol. The number of benzene rings is 4. The van der Waals surface area contributed by atoms with E-state index in [0.29, 0.717) is 0 Å². The third-order valence-electron chi connectivity index (χ3n) is 6.77. The molecule has 0 aliphatic heterocycles. The molecule has 0 unspecified atom stereocenters. The molecule has 0 saturated carbocycles. The number of aromatic nitrogens is 3. The van der Waals surface area contributed by atoms with Crippen LogP contribution in [0.25, 0.3) is 60.1 Å². The fourth-order valence-electron chi connectivity index (χ4n) is 5.37. The van der Waals surface area contributed by atoms with Gasteiger partial charge in [0, 0.05) is 44.7 Å². The summed E-state index contributed by atoms with van der Waals surface area (Å²) >= 11 is 0. The molecule has 0 fully saturated rings. The van der Waals surface area contributed by atoms with Gasteiger partial charge in [-0.2, -0.15) is 5.10 Å². The smallest absolute Gasteiger partial charge is 0.0825 e. The second-order valence-corrected chi connectivity index (χ2v) is 8.37. The first kappa shape index (κ1) is 17.6. The molecule has 3 heteroatoms. The minimum Gasteiger partial charge on any atom is -0.341 e. The van der Waals surface area contributed by atoms with Crippen molar-refractivity contribution in [1.29, 1.82) is 0 Å². The average molecular weight is 412 g/mol. The normalized spacial score (nSPS) is 12.0. The van der Waals surface area contributed by atoms with Crippen molar-refractivity contribution < 1.29 is 0 Å². The largest absolute Gasteiger partial charge is 0.341 e. The molecule has 7 rings (SSSR count). The number of nitrogens with zero attached hydrogens (tertiary/aromatic N) is 3. The van der Waals surface area contributed by atoms with Crippen molar-refractivity contribution in [2.75, 3.05) is 0 Å². The molecule has 7 aromatic rings. The van der Waals surface area contributed by atoms with E-state index in [2.05, 4.69) is 107 Å². The quantitative estimate of drug-likeness (QED) is 0.271. The van der Waals surface area contributed by atoms with Crippen LogP contribution in [0.15, 0.2) is 97.2 Å². The van der Waals surface area contributed by atoms with E-state index >= 15 is 0 Å². The van der Waals surface area contributed by atoms with Gasteiger partial charge in [0.2, 0.25) is 0 Å². The lowest BCUT2D eigenvalue weighted by atomic mass is 9.99. The molecule has 32 heavy (non-hydrogen) atoms. The molecule has 0 saturated heterocycles. The Labute approximate surface area is 185 Å². The summed E-state index contributed by atoms with van der Waals surface area (Å²) in [6.45, 7) is 3.17. The second kappa shape index (κ2) is 6.44. The SMILES string of the molecule is CCn1c2ccccc2c2cc(-c3cnn4c5ccccc5c5ccccc5c34)ccc21. The summed E-state index contributed by atoms with van der Waals surface area (Å²) in [5.74, 6) is 0. The highest BCUT2D eigenvalue weighted by molar-refractivity contribution is 6.16. The lowest BCUT2D eigenvalue weighted by Gasteiger charge is -2.10. The molecule has 0 atom stereocenters. The number of hydrogen-bond acceptors (Lipinski definition) is 1. The number of pyridine rings is 1. The van der Waals surface area contributed by atoms with Crippen LogP contribution in [0.3, 0.4) is 0 Å². The van der Waals surface area contributed by atoms with Gasteiger partial charge in [0.25, 0.3) is 0 Å². The van der Waals surface area contributed by atoms with E-state index in [1.807, 2.05) is 6.20 Å². The molecule has 0 radical (unpaired) electrons. The van der Waals surface area contributed by atoms with E-state index < -0.39 is 0 Å². The van der Waals surface area contributed by atoms with Gasteiger partial charge < -0.3 is 4.57 Å². The molecule has 0 N–H and O–H groups in total. The number of para-hydroxylation sites is 2. The number of rotatable bonds is 2. The van der Waals surface area contributed by atoms with Crippen molar-refractivity contribution in [2.24, 2.45) is 0 Å². The Kier molecular flexibility index (Phi) is 3.54. The van der Waals surface area contributed by atoms with Crippen LogP contribution in [0, 0.1) is 0 Å². The van der Waals surface area contributed by atoms with Crippen molar-refractivity contribution in [3.8, 4) is 11.1 Å². The van der Waals surface area contributed by atoms with Gasteiger partial charge in [0.05, 0.1) is 17.2 Å². The van der Waals surface area contributed by atoms with E-state index in [0.717, 1.165) is 17.6 Å². The lowest BCUT2D eigenvalue weighted by molar-refractivity contribution is 0.827. The van der Waals surface area contributed by atoms with Gasteiger partial charge in [-0.25, -0.2) is 4.52 Å². The second-order valence-electron chi connectivity index (χ2n) is 8.37. The van der Waals surface area contributed by atoms with E-state index in [1.165, 1.54) is 49.1 Å². The summed E-state index contributed by atoms with van der Waals surface area (Å²) in [5.41, 5.74) is 7.24. The predicted molar refractivity (Wildman–Crippen MR) is 134 cm³/mol. The van der Waals surface area contributed by atoms with Crippen LogP contribution >= 0.6 is 0 Å². The molecule has 152 valence electrons. The molecule has 0 bridgehead atoms. The third-order valence-corrected chi connectivity index (χ3v) is 6.77. The summed E-state index contributed by atoms with van der Waals surface area (Å²) in [5, 5.41) is 11.2. The maximum absolute atomic E-state index is 4.85. The van der Waals surface area contributed by atoms with Crippen LogP contribution in [-0.2, 0) is 6.54 Å². The molecule has 3 heterocycles. The highest BCUT2D eigenvalue weighted by Crippen LogP contribution is 2.37. The fraction of sp³-hybridized carbons (Fsp3) is 0.0690. The standard InChI is InChI=1S/C29H21N3/c1-2-31-26-13-7-5-11-22(26)24-17-19(15-16-27(24)31)25-18-30-32-28-14-8-6-10-21(28)20-9-3-4-12-23(20)29(25)32/h3-18H,2H2,1H3. The fourth-order valence-corrected chi connectivity index (χ4v) is 5.37. The molecule has 0 amide bonds. The molecule has 0 spiro atoms. The van der Waals surface area contributed by atoms with Gasteiger partial charge in [0.15, 0.2) is 0 Å². The summed E-state index contributed by atoms with van der Waals surface area (Å²) in [6.07, 6.45) is 2.02. The van der Waals surface area contributed by atoms with E-state index in [4.69, 9.17) is 5.10 Å². The maximum atomic E-state index is 4.85. The zero-order valence-electron chi connectivity index (χ0n) is 17.8. The highest BCUT2D eigenvalue weighted by atomic mass is 15.2. The first-order valence-corrected chi connectivity index (χ1v) is 11.1. The van der Waals surface area contributed by atoms with Crippen molar-refractivity contribution in [3.63, 3.8) is 0 Å². The summed E-state index contributed by atoms with van der Waals surface area (Å²) < 4.78 is 4.50. The Morgan fingerprint density at radius 2 is 1.25 bits per heavy atom. The Morgan fingerprint density at radius 1 is 0.625 bits per heavy atom. The monoisotopic (exact) mass is 411 g/mol. The van der Waals surface area contributed by atoms with Crippen molar-refractivity contribution >= 4 is 49.0 Å².